The number of rotatable bonds is 2. The molecular formula is C12H19N3O3. The standard InChI is InChI=1S/C12H19N3O3/c1-11(2)7-9(8-12(3,4)18-11)14-6-5-10(13-14)15(16)17/h5-6,9H,7-8H2,1-4H3. The van der Waals surface area contributed by atoms with Gasteiger partial charge in [-0.3, -0.25) is 0 Å². The maximum absolute atomic E-state index is 10.7. The van der Waals surface area contributed by atoms with Crippen molar-refractivity contribution in [3.63, 3.8) is 0 Å². The molecular weight excluding hydrogens is 234 g/mol. The van der Waals surface area contributed by atoms with Crippen LogP contribution in [0.25, 0.3) is 0 Å². The molecule has 0 saturated carbocycles. The molecule has 0 radical (unpaired) electrons. The summed E-state index contributed by atoms with van der Waals surface area (Å²) in [7, 11) is 0. The first-order valence-electron chi connectivity index (χ1n) is 6.08. The van der Waals surface area contributed by atoms with Gasteiger partial charge in [0.05, 0.1) is 34.6 Å². The van der Waals surface area contributed by atoms with E-state index in [4.69, 9.17) is 4.74 Å². The van der Waals surface area contributed by atoms with Crippen LogP contribution in [0.15, 0.2) is 12.3 Å². The van der Waals surface area contributed by atoms with Gasteiger partial charge >= 0.3 is 5.82 Å². The minimum atomic E-state index is -0.466. The third-order valence-corrected chi connectivity index (χ3v) is 3.16. The molecule has 18 heavy (non-hydrogen) atoms. The van der Waals surface area contributed by atoms with Gasteiger partial charge in [0.1, 0.15) is 0 Å². The fraction of sp³-hybridized carbons (Fsp3) is 0.750. The molecule has 1 aliphatic heterocycles. The Balaban J connectivity index is 2.24. The van der Waals surface area contributed by atoms with E-state index in [1.807, 2.05) is 27.7 Å². The Morgan fingerprint density at radius 2 is 1.94 bits per heavy atom. The van der Waals surface area contributed by atoms with Crippen LogP contribution in [-0.2, 0) is 4.74 Å². The zero-order valence-corrected chi connectivity index (χ0v) is 11.2. The van der Waals surface area contributed by atoms with E-state index in [1.165, 1.54) is 6.07 Å². The molecule has 1 aromatic heterocycles. The first-order valence-corrected chi connectivity index (χ1v) is 6.08. The third-order valence-electron chi connectivity index (χ3n) is 3.16. The summed E-state index contributed by atoms with van der Waals surface area (Å²) in [4.78, 5) is 10.2. The predicted octanol–water partition coefficient (Wildman–Crippen LogP) is 2.70. The van der Waals surface area contributed by atoms with Crippen molar-refractivity contribution in [2.45, 2.75) is 57.8 Å². The summed E-state index contributed by atoms with van der Waals surface area (Å²) in [5.74, 6) is -0.0999. The molecule has 2 heterocycles. The molecule has 100 valence electrons. The lowest BCUT2D eigenvalue weighted by molar-refractivity contribution is -0.389. The number of nitro groups is 1. The van der Waals surface area contributed by atoms with Crippen molar-refractivity contribution in [1.29, 1.82) is 0 Å². The maximum Gasteiger partial charge on any atom is 0.389 e. The topological polar surface area (TPSA) is 70.2 Å². The molecule has 1 fully saturated rings. The van der Waals surface area contributed by atoms with Crippen molar-refractivity contribution < 1.29 is 9.66 Å². The van der Waals surface area contributed by atoms with Gasteiger partial charge in [0, 0.05) is 12.8 Å². The Kier molecular flexibility index (Phi) is 2.93. The molecule has 2 rings (SSSR count). The maximum atomic E-state index is 10.7. The Hall–Kier alpha value is -1.43. The first-order chi connectivity index (χ1) is 8.19. The molecule has 0 amide bonds. The summed E-state index contributed by atoms with van der Waals surface area (Å²) in [5, 5.41) is 14.7. The Morgan fingerprint density at radius 3 is 2.39 bits per heavy atom. The van der Waals surface area contributed by atoms with Gasteiger partial charge in [-0.15, -0.1) is 0 Å². The van der Waals surface area contributed by atoms with E-state index in [2.05, 4.69) is 5.10 Å². The van der Waals surface area contributed by atoms with Crippen LogP contribution in [0.2, 0.25) is 0 Å². The summed E-state index contributed by atoms with van der Waals surface area (Å²) in [6.07, 6.45) is 3.28. The molecule has 0 atom stereocenters. The van der Waals surface area contributed by atoms with Gasteiger partial charge in [0.15, 0.2) is 0 Å². The number of aromatic nitrogens is 2. The van der Waals surface area contributed by atoms with Crippen molar-refractivity contribution >= 4 is 5.82 Å². The zero-order chi connectivity index (χ0) is 13.6. The van der Waals surface area contributed by atoms with Crippen molar-refractivity contribution in [3.05, 3.63) is 22.4 Å². The monoisotopic (exact) mass is 253 g/mol. The number of hydrogen-bond acceptors (Lipinski definition) is 4. The normalized spacial score (nSPS) is 22.9. The van der Waals surface area contributed by atoms with Gasteiger partial charge < -0.3 is 14.9 Å². The Bertz CT molecular complexity index is 449. The van der Waals surface area contributed by atoms with Gasteiger partial charge in [-0.25, -0.2) is 0 Å². The molecule has 0 spiro atoms. The van der Waals surface area contributed by atoms with Crippen molar-refractivity contribution in [2.24, 2.45) is 0 Å². The average molecular weight is 253 g/mol. The molecule has 1 aromatic rings. The number of ether oxygens (including phenoxy) is 1. The second-order valence-electron chi connectivity index (χ2n) is 6.09. The molecule has 6 nitrogen and oxygen atoms in total. The van der Waals surface area contributed by atoms with Crippen LogP contribution in [0, 0.1) is 10.1 Å². The summed E-state index contributed by atoms with van der Waals surface area (Å²) < 4.78 is 7.69. The number of hydrogen-bond donors (Lipinski definition) is 0. The first kappa shape index (κ1) is 13.0. The van der Waals surface area contributed by atoms with E-state index in [0.29, 0.717) is 0 Å². The molecule has 1 saturated heterocycles. The van der Waals surface area contributed by atoms with E-state index in [1.54, 1.807) is 10.9 Å². The largest absolute Gasteiger partial charge is 0.389 e. The van der Waals surface area contributed by atoms with Gasteiger partial charge in [0.2, 0.25) is 0 Å². The van der Waals surface area contributed by atoms with Gasteiger partial charge in [-0.2, -0.15) is 4.68 Å². The van der Waals surface area contributed by atoms with Crippen LogP contribution in [0.1, 0.15) is 46.6 Å². The highest BCUT2D eigenvalue weighted by molar-refractivity contribution is 5.14. The summed E-state index contributed by atoms with van der Waals surface area (Å²) in [6.45, 7) is 8.16. The highest BCUT2D eigenvalue weighted by atomic mass is 16.6. The predicted molar refractivity (Wildman–Crippen MR) is 66.4 cm³/mol. The summed E-state index contributed by atoms with van der Waals surface area (Å²) in [5.41, 5.74) is -0.486. The van der Waals surface area contributed by atoms with Gasteiger partial charge in [0.25, 0.3) is 0 Å². The van der Waals surface area contributed by atoms with E-state index < -0.39 is 4.92 Å². The molecule has 6 heteroatoms. The fourth-order valence-corrected chi connectivity index (χ4v) is 2.85. The minimum Gasteiger partial charge on any atom is -0.370 e. The molecule has 0 aliphatic carbocycles. The van der Waals surface area contributed by atoms with E-state index in [9.17, 15) is 10.1 Å². The Labute approximate surface area is 106 Å². The Morgan fingerprint density at radius 1 is 1.39 bits per heavy atom. The van der Waals surface area contributed by atoms with Crippen molar-refractivity contribution in [3.8, 4) is 0 Å². The van der Waals surface area contributed by atoms with Crippen LogP contribution in [0.4, 0.5) is 5.82 Å². The smallest absolute Gasteiger partial charge is 0.370 e. The minimum absolute atomic E-state index is 0.0999. The highest BCUT2D eigenvalue weighted by Crippen LogP contribution is 2.40. The molecule has 0 unspecified atom stereocenters. The summed E-state index contributed by atoms with van der Waals surface area (Å²) in [6, 6.07) is 1.58. The average Bonchev–Trinajstić information content (AvgIpc) is 2.60. The van der Waals surface area contributed by atoms with Crippen LogP contribution in [-0.4, -0.2) is 25.9 Å². The third kappa shape index (κ3) is 2.69. The zero-order valence-electron chi connectivity index (χ0n) is 11.2. The highest BCUT2D eigenvalue weighted by Gasteiger charge is 2.41. The quantitative estimate of drug-likeness (QED) is 0.600. The molecule has 1 aliphatic rings. The van der Waals surface area contributed by atoms with Gasteiger partial charge in [-0.1, -0.05) is 0 Å². The SMILES string of the molecule is CC1(C)CC(n2ccc([N+](=O)[O-])n2)CC(C)(C)O1. The summed E-state index contributed by atoms with van der Waals surface area (Å²) >= 11 is 0. The fourth-order valence-electron chi connectivity index (χ4n) is 2.85. The second-order valence-corrected chi connectivity index (χ2v) is 6.09. The lowest BCUT2D eigenvalue weighted by Gasteiger charge is -2.44. The van der Waals surface area contributed by atoms with Gasteiger partial charge in [-0.05, 0) is 32.6 Å². The van der Waals surface area contributed by atoms with Crippen molar-refractivity contribution in [2.75, 3.05) is 0 Å². The molecule has 0 aromatic carbocycles. The lowest BCUT2D eigenvalue weighted by Crippen LogP contribution is -2.45. The number of nitrogens with zero attached hydrogens (tertiary/aromatic N) is 3. The van der Waals surface area contributed by atoms with Crippen LogP contribution in [0.3, 0.4) is 0 Å². The van der Waals surface area contributed by atoms with Crippen molar-refractivity contribution in [1.82, 2.24) is 9.78 Å². The van der Waals surface area contributed by atoms with E-state index in [0.717, 1.165) is 12.8 Å². The molecule has 0 N–H and O–H groups in total. The van der Waals surface area contributed by atoms with Crippen LogP contribution >= 0.6 is 0 Å². The van der Waals surface area contributed by atoms with E-state index >= 15 is 0 Å². The second kappa shape index (κ2) is 4.05. The van der Waals surface area contributed by atoms with Crippen LogP contribution in [0.5, 0.6) is 0 Å². The molecule has 0 bridgehead atoms. The lowest BCUT2D eigenvalue weighted by atomic mass is 9.85. The van der Waals surface area contributed by atoms with E-state index in [-0.39, 0.29) is 23.1 Å². The van der Waals surface area contributed by atoms with Crippen LogP contribution < -0.4 is 0 Å².